The summed E-state index contributed by atoms with van der Waals surface area (Å²) in [7, 11) is 9.02. The number of hydrogen-bond donors (Lipinski definition) is 1. The monoisotopic (exact) mass is 319 g/mol. The second kappa shape index (κ2) is 6.78. The number of hydrogen-bond acceptors (Lipinski definition) is 5. The Kier molecular flexibility index (Phi) is 4.56. The molecule has 2 radical (unpaired) electrons. The first-order valence-corrected chi connectivity index (χ1v) is 7.58. The van der Waals surface area contributed by atoms with E-state index in [0.717, 1.165) is 33.3 Å². The van der Waals surface area contributed by atoms with Crippen LogP contribution in [-0.4, -0.2) is 32.0 Å². The van der Waals surface area contributed by atoms with Crippen molar-refractivity contribution in [3.8, 4) is 11.5 Å². The summed E-state index contributed by atoms with van der Waals surface area (Å²) in [6.07, 6.45) is 1.53. The summed E-state index contributed by atoms with van der Waals surface area (Å²) in [5, 5.41) is 4.24. The van der Waals surface area contributed by atoms with E-state index >= 15 is 0 Å². The van der Waals surface area contributed by atoms with E-state index in [4.69, 9.17) is 17.3 Å². The molecule has 0 aliphatic heterocycles. The van der Waals surface area contributed by atoms with Crippen LogP contribution < -0.4 is 20.3 Å². The Morgan fingerprint density at radius 3 is 2.50 bits per heavy atom. The van der Waals surface area contributed by atoms with Gasteiger partial charge in [0.1, 0.15) is 20.0 Å². The minimum atomic E-state index is 0.643. The van der Waals surface area contributed by atoms with Gasteiger partial charge >= 0.3 is 0 Å². The molecule has 3 aromatic rings. The molecule has 24 heavy (non-hydrogen) atoms. The van der Waals surface area contributed by atoms with Crippen molar-refractivity contribution in [1.82, 2.24) is 9.97 Å². The fourth-order valence-corrected chi connectivity index (χ4v) is 2.62. The minimum absolute atomic E-state index is 0.643. The van der Waals surface area contributed by atoms with Crippen molar-refractivity contribution in [3.63, 3.8) is 0 Å². The van der Waals surface area contributed by atoms with Crippen LogP contribution in [0.25, 0.3) is 10.9 Å². The third-order valence-corrected chi connectivity index (χ3v) is 3.95. The van der Waals surface area contributed by atoms with Gasteiger partial charge in [0, 0.05) is 18.0 Å². The largest absolute Gasteiger partial charge is 0.493 e. The number of ether oxygens (including phenoxy) is 2. The van der Waals surface area contributed by atoms with Gasteiger partial charge in [-0.1, -0.05) is 23.7 Å². The van der Waals surface area contributed by atoms with Gasteiger partial charge < -0.3 is 14.8 Å². The SMILES string of the molecule is [B]c1ccc(CNc2ncnc3cc(OC)c(OC)cc23)c(C)c1. The number of fused-ring (bicyclic) bond motifs is 1. The van der Waals surface area contributed by atoms with Crippen LogP contribution in [0.2, 0.25) is 0 Å². The molecule has 0 aliphatic carbocycles. The molecule has 0 saturated carbocycles. The molecular weight excluding hydrogens is 301 g/mol. The topological polar surface area (TPSA) is 56.3 Å². The molecule has 1 N–H and O–H groups in total. The quantitative estimate of drug-likeness (QED) is 0.732. The molecule has 0 spiro atoms. The van der Waals surface area contributed by atoms with Gasteiger partial charge in [0.15, 0.2) is 11.5 Å². The van der Waals surface area contributed by atoms with Gasteiger partial charge in [0.2, 0.25) is 0 Å². The van der Waals surface area contributed by atoms with E-state index in [1.54, 1.807) is 14.2 Å². The highest BCUT2D eigenvalue weighted by Gasteiger charge is 2.11. The fraction of sp³-hybridized carbons (Fsp3) is 0.222. The molecule has 0 amide bonds. The van der Waals surface area contributed by atoms with Crippen molar-refractivity contribution in [2.24, 2.45) is 0 Å². The van der Waals surface area contributed by atoms with Crippen molar-refractivity contribution < 1.29 is 9.47 Å². The van der Waals surface area contributed by atoms with Crippen LogP contribution >= 0.6 is 0 Å². The summed E-state index contributed by atoms with van der Waals surface area (Å²) in [5.41, 5.74) is 3.86. The van der Waals surface area contributed by atoms with Crippen LogP contribution in [0.5, 0.6) is 11.5 Å². The van der Waals surface area contributed by atoms with Crippen molar-refractivity contribution in [2.45, 2.75) is 13.5 Å². The van der Waals surface area contributed by atoms with E-state index in [9.17, 15) is 0 Å². The molecule has 1 aromatic heterocycles. The maximum atomic E-state index is 5.80. The number of aryl methyl sites for hydroxylation is 1. The molecule has 0 bridgehead atoms. The average Bonchev–Trinajstić information content (AvgIpc) is 2.59. The Balaban J connectivity index is 1.94. The summed E-state index contributed by atoms with van der Waals surface area (Å²) < 4.78 is 10.7. The van der Waals surface area contributed by atoms with E-state index in [1.807, 2.05) is 37.3 Å². The third-order valence-electron chi connectivity index (χ3n) is 3.95. The van der Waals surface area contributed by atoms with Gasteiger partial charge in [0.25, 0.3) is 0 Å². The Bertz CT molecular complexity index is 884. The molecule has 120 valence electrons. The number of anilines is 1. The zero-order valence-corrected chi connectivity index (χ0v) is 14.0. The first kappa shape index (κ1) is 16.1. The molecular formula is C18H18BN3O2. The lowest BCUT2D eigenvalue weighted by Gasteiger charge is -2.13. The van der Waals surface area contributed by atoms with E-state index in [1.165, 1.54) is 6.33 Å². The molecule has 0 saturated heterocycles. The van der Waals surface area contributed by atoms with Crippen LogP contribution in [0.1, 0.15) is 11.1 Å². The number of methoxy groups -OCH3 is 2. The molecule has 3 rings (SSSR count). The molecule has 5 nitrogen and oxygen atoms in total. The van der Waals surface area contributed by atoms with Gasteiger partial charge in [-0.15, -0.1) is 0 Å². The lowest BCUT2D eigenvalue weighted by Crippen LogP contribution is -2.08. The lowest BCUT2D eigenvalue weighted by atomic mass is 9.92. The molecule has 0 unspecified atom stereocenters. The average molecular weight is 319 g/mol. The Hall–Kier alpha value is -2.76. The second-order valence-electron chi connectivity index (χ2n) is 5.49. The maximum absolute atomic E-state index is 5.80. The van der Waals surface area contributed by atoms with Crippen molar-refractivity contribution >= 4 is 30.0 Å². The normalized spacial score (nSPS) is 10.6. The molecule has 6 heteroatoms. The number of benzene rings is 2. The Morgan fingerprint density at radius 1 is 1.04 bits per heavy atom. The number of nitrogens with zero attached hydrogens (tertiary/aromatic N) is 2. The molecule has 2 aromatic carbocycles. The highest BCUT2D eigenvalue weighted by molar-refractivity contribution is 6.32. The smallest absolute Gasteiger partial charge is 0.162 e. The molecule has 0 atom stereocenters. The Morgan fingerprint density at radius 2 is 1.79 bits per heavy atom. The van der Waals surface area contributed by atoms with E-state index in [2.05, 4.69) is 15.3 Å². The van der Waals surface area contributed by atoms with Crippen LogP contribution in [0.4, 0.5) is 5.82 Å². The summed E-state index contributed by atoms with van der Waals surface area (Å²) >= 11 is 0. The van der Waals surface area contributed by atoms with Crippen molar-refractivity contribution in [3.05, 3.63) is 47.8 Å². The van der Waals surface area contributed by atoms with Gasteiger partial charge in [-0.25, -0.2) is 9.97 Å². The highest BCUT2D eigenvalue weighted by atomic mass is 16.5. The lowest BCUT2D eigenvalue weighted by molar-refractivity contribution is 0.356. The first-order chi connectivity index (χ1) is 11.6. The first-order valence-electron chi connectivity index (χ1n) is 7.58. The minimum Gasteiger partial charge on any atom is -0.493 e. The van der Waals surface area contributed by atoms with Crippen molar-refractivity contribution in [1.29, 1.82) is 0 Å². The van der Waals surface area contributed by atoms with Crippen LogP contribution in [0, 0.1) is 6.92 Å². The predicted octanol–water partition coefficient (Wildman–Crippen LogP) is 2.36. The van der Waals surface area contributed by atoms with Gasteiger partial charge in [-0.2, -0.15) is 0 Å². The zero-order chi connectivity index (χ0) is 17.1. The molecule has 1 heterocycles. The standard InChI is InChI=1S/C18H18BN3O2/c1-11-6-13(19)5-4-12(11)9-20-18-14-7-16(23-2)17(24-3)8-15(14)21-10-22-18/h4-8,10H,9H2,1-3H3,(H,20,21,22). The van der Waals surface area contributed by atoms with Crippen molar-refractivity contribution in [2.75, 3.05) is 19.5 Å². The van der Waals surface area contributed by atoms with E-state index < -0.39 is 0 Å². The van der Waals surface area contributed by atoms with Crippen LogP contribution in [0.15, 0.2) is 36.7 Å². The highest BCUT2D eigenvalue weighted by Crippen LogP contribution is 2.33. The number of rotatable bonds is 5. The van der Waals surface area contributed by atoms with E-state index in [-0.39, 0.29) is 0 Å². The predicted molar refractivity (Wildman–Crippen MR) is 96.5 cm³/mol. The molecule has 0 aliphatic rings. The second-order valence-corrected chi connectivity index (χ2v) is 5.49. The summed E-state index contributed by atoms with van der Waals surface area (Å²) in [5.74, 6) is 2.03. The zero-order valence-electron chi connectivity index (χ0n) is 14.0. The summed E-state index contributed by atoms with van der Waals surface area (Å²) in [6.45, 7) is 2.69. The van der Waals surface area contributed by atoms with Gasteiger partial charge in [-0.3, -0.25) is 0 Å². The fourth-order valence-electron chi connectivity index (χ4n) is 2.62. The number of nitrogens with one attached hydrogen (secondary N) is 1. The molecule has 0 fully saturated rings. The van der Waals surface area contributed by atoms with E-state index in [0.29, 0.717) is 18.0 Å². The third kappa shape index (κ3) is 3.13. The van der Waals surface area contributed by atoms with Gasteiger partial charge in [0.05, 0.1) is 19.7 Å². The Labute approximate surface area is 142 Å². The van der Waals surface area contributed by atoms with Crippen LogP contribution in [0.3, 0.4) is 0 Å². The van der Waals surface area contributed by atoms with Crippen LogP contribution in [-0.2, 0) is 6.54 Å². The van der Waals surface area contributed by atoms with Gasteiger partial charge in [-0.05, 0) is 24.1 Å². The summed E-state index contributed by atoms with van der Waals surface area (Å²) in [4.78, 5) is 8.66. The summed E-state index contributed by atoms with van der Waals surface area (Å²) in [6, 6.07) is 9.60. The maximum Gasteiger partial charge on any atom is 0.162 e. The number of aromatic nitrogens is 2.